The summed E-state index contributed by atoms with van der Waals surface area (Å²) in [5, 5.41) is 4.01. The van der Waals surface area contributed by atoms with Gasteiger partial charge in [-0.1, -0.05) is 39.0 Å². The summed E-state index contributed by atoms with van der Waals surface area (Å²) in [5.74, 6) is 0.711. The van der Waals surface area contributed by atoms with Gasteiger partial charge in [-0.2, -0.15) is 5.10 Å². The molecular formula is C16H21N3O3. The molecule has 0 aliphatic carbocycles. The Labute approximate surface area is 130 Å². The molecule has 0 saturated carbocycles. The molecule has 0 N–H and O–H groups in total. The summed E-state index contributed by atoms with van der Waals surface area (Å²) in [5.41, 5.74) is -0.531. The van der Waals surface area contributed by atoms with E-state index in [1.807, 2.05) is 51.1 Å². The molecule has 1 unspecified atom stereocenters. The van der Waals surface area contributed by atoms with Crippen molar-refractivity contribution in [1.82, 2.24) is 14.8 Å². The van der Waals surface area contributed by atoms with Gasteiger partial charge in [0, 0.05) is 5.41 Å². The van der Waals surface area contributed by atoms with Crippen molar-refractivity contribution in [2.45, 2.75) is 27.0 Å². The molecule has 1 heterocycles. The number of carbonyl (C=O) groups is 1. The minimum absolute atomic E-state index is 0.0577. The van der Waals surface area contributed by atoms with Crippen LogP contribution in [0.5, 0.6) is 5.75 Å². The average Bonchev–Trinajstić information content (AvgIpc) is 3.01. The number of rotatable bonds is 7. The second-order valence-electron chi connectivity index (χ2n) is 5.87. The summed E-state index contributed by atoms with van der Waals surface area (Å²) in [7, 11) is 0. The second kappa shape index (κ2) is 7.17. The third-order valence-electron chi connectivity index (χ3n) is 3.01. The lowest BCUT2D eigenvalue weighted by Crippen LogP contribution is -2.33. The highest BCUT2D eigenvalue weighted by atomic mass is 16.5. The molecule has 0 radical (unpaired) electrons. The van der Waals surface area contributed by atoms with Crippen LogP contribution in [0.15, 0.2) is 43.0 Å². The van der Waals surface area contributed by atoms with Crippen LogP contribution in [-0.4, -0.2) is 33.8 Å². The Morgan fingerprint density at radius 3 is 2.55 bits per heavy atom. The lowest BCUT2D eigenvalue weighted by molar-refractivity contribution is -0.146. The minimum atomic E-state index is -0.790. The van der Waals surface area contributed by atoms with Crippen molar-refractivity contribution >= 4 is 5.78 Å². The molecule has 2 aromatic rings. The van der Waals surface area contributed by atoms with Crippen molar-refractivity contribution in [3.05, 3.63) is 43.0 Å². The van der Waals surface area contributed by atoms with Crippen molar-refractivity contribution < 1.29 is 14.3 Å². The molecule has 0 aliphatic heterocycles. The second-order valence-corrected chi connectivity index (χ2v) is 5.87. The van der Waals surface area contributed by atoms with Gasteiger partial charge in [-0.15, -0.1) is 0 Å². The Hall–Kier alpha value is -2.21. The third-order valence-corrected chi connectivity index (χ3v) is 3.01. The van der Waals surface area contributed by atoms with Gasteiger partial charge in [0.25, 0.3) is 0 Å². The first-order valence-corrected chi connectivity index (χ1v) is 7.16. The molecule has 0 saturated heterocycles. The fourth-order valence-electron chi connectivity index (χ4n) is 1.82. The van der Waals surface area contributed by atoms with Crippen molar-refractivity contribution in [2.24, 2.45) is 5.41 Å². The minimum Gasteiger partial charge on any atom is -0.491 e. The first-order chi connectivity index (χ1) is 10.5. The molecule has 2 rings (SSSR count). The van der Waals surface area contributed by atoms with Gasteiger partial charge in [0.1, 0.15) is 25.0 Å². The van der Waals surface area contributed by atoms with E-state index in [1.165, 1.54) is 17.3 Å². The van der Waals surface area contributed by atoms with Crippen molar-refractivity contribution in [2.75, 3.05) is 13.2 Å². The summed E-state index contributed by atoms with van der Waals surface area (Å²) in [4.78, 5) is 16.3. The Balaban J connectivity index is 1.92. The average molecular weight is 303 g/mol. The molecule has 22 heavy (non-hydrogen) atoms. The van der Waals surface area contributed by atoms with Crippen LogP contribution in [0.3, 0.4) is 0 Å². The standard InChI is InChI=1S/C16H21N3O3/c1-16(2,3)14(20)15(19-12-17-11-18-19)22-10-9-21-13-7-5-4-6-8-13/h4-8,11-12,15H,9-10H2,1-3H3. The molecule has 6 nitrogen and oxygen atoms in total. The Bertz CT molecular complexity index is 576. The van der Waals surface area contributed by atoms with E-state index in [9.17, 15) is 4.79 Å². The summed E-state index contributed by atoms with van der Waals surface area (Å²) < 4.78 is 12.7. The van der Waals surface area contributed by atoms with E-state index in [4.69, 9.17) is 9.47 Å². The zero-order chi connectivity index (χ0) is 16.0. The van der Waals surface area contributed by atoms with Crippen molar-refractivity contribution in [3.8, 4) is 5.75 Å². The Kier molecular flexibility index (Phi) is 5.27. The quantitative estimate of drug-likeness (QED) is 0.735. The van der Waals surface area contributed by atoms with Crippen LogP contribution in [0.25, 0.3) is 0 Å². The van der Waals surface area contributed by atoms with Gasteiger partial charge in [0.05, 0.1) is 6.61 Å². The highest BCUT2D eigenvalue weighted by molar-refractivity contribution is 5.86. The van der Waals surface area contributed by atoms with E-state index < -0.39 is 11.6 Å². The predicted molar refractivity (Wildman–Crippen MR) is 81.4 cm³/mol. The van der Waals surface area contributed by atoms with E-state index in [0.717, 1.165) is 5.75 Å². The van der Waals surface area contributed by atoms with E-state index in [-0.39, 0.29) is 12.4 Å². The van der Waals surface area contributed by atoms with Crippen LogP contribution in [0, 0.1) is 5.41 Å². The largest absolute Gasteiger partial charge is 0.491 e. The lowest BCUT2D eigenvalue weighted by atomic mass is 9.90. The van der Waals surface area contributed by atoms with Gasteiger partial charge in [-0.25, -0.2) is 9.67 Å². The third kappa shape index (κ3) is 4.39. The summed E-state index contributed by atoms with van der Waals surface area (Å²) >= 11 is 0. The highest BCUT2D eigenvalue weighted by Crippen LogP contribution is 2.23. The molecule has 1 aromatic carbocycles. The van der Waals surface area contributed by atoms with Crippen LogP contribution in [0.1, 0.15) is 27.0 Å². The smallest absolute Gasteiger partial charge is 0.211 e. The van der Waals surface area contributed by atoms with E-state index in [1.54, 1.807) is 0 Å². The van der Waals surface area contributed by atoms with Crippen LogP contribution >= 0.6 is 0 Å². The Morgan fingerprint density at radius 1 is 1.23 bits per heavy atom. The topological polar surface area (TPSA) is 66.2 Å². The zero-order valence-corrected chi connectivity index (χ0v) is 13.1. The van der Waals surface area contributed by atoms with Gasteiger partial charge in [-0.3, -0.25) is 4.79 Å². The number of aromatic nitrogens is 3. The van der Waals surface area contributed by atoms with E-state index in [2.05, 4.69) is 10.1 Å². The van der Waals surface area contributed by atoms with Gasteiger partial charge in [0.15, 0.2) is 5.78 Å². The molecule has 0 spiro atoms. The number of Topliss-reactive ketones (excluding diaryl/α,β-unsaturated/α-hetero) is 1. The normalized spacial score (nSPS) is 12.9. The molecule has 1 atom stereocenters. The monoisotopic (exact) mass is 303 g/mol. The number of ketones is 1. The Morgan fingerprint density at radius 2 is 1.95 bits per heavy atom. The van der Waals surface area contributed by atoms with Gasteiger partial charge < -0.3 is 9.47 Å². The number of nitrogens with zero attached hydrogens (tertiary/aromatic N) is 3. The van der Waals surface area contributed by atoms with Crippen LogP contribution in [-0.2, 0) is 9.53 Å². The number of carbonyl (C=O) groups excluding carboxylic acids is 1. The molecular weight excluding hydrogens is 282 g/mol. The van der Waals surface area contributed by atoms with Gasteiger partial charge >= 0.3 is 0 Å². The summed E-state index contributed by atoms with van der Waals surface area (Å²) in [6.45, 7) is 6.18. The van der Waals surface area contributed by atoms with Crippen LogP contribution in [0.4, 0.5) is 0 Å². The maximum Gasteiger partial charge on any atom is 0.211 e. The fourth-order valence-corrected chi connectivity index (χ4v) is 1.82. The number of benzene rings is 1. The molecule has 0 bridgehead atoms. The fraction of sp³-hybridized carbons (Fsp3) is 0.438. The molecule has 0 fully saturated rings. The molecule has 6 heteroatoms. The SMILES string of the molecule is CC(C)(C)C(=O)C(OCCOc1ccccc1)n1cncn1. The maximum atomic E-state index is 12.5. The number of hydrogen-bond acceptors (Lipinski definition) is 5. The summed E-state index contributed by atoms with van der Waals surface area (Å²) in [6, 6.07) is 9.46. The van der Waals surface area contributed by atoms with Crippen molar-refractivity contribution in [3.63, 3.8) is 0 Å². The molecule has 1 aromatic heterocycles. The maximum absolute atomic E-state index is 12.5. The van der Waals surface area contributed by atoms with Crippen LogP contribution < -0.4 is 4.74 Å². The number of hydrogen-bond donors (Lipinski definition) is 0. The molecule has 0 aliphatic rings. The van der Waals surface area contributed by atoms with E-state index >= 15 is 0 Å². The van der Waals surface area contributed by atoms with Gasteiger partial charge in [0.2, 0.25) is 6.23 Å². The molecule has 0 amide bonds. The molecule has 118 valence electrons. The highest BCUT2D eigenvalue weighted by Gasteiger charge is 2.32. The number of para-hydroxylation sites is 1. The first-order valence-electron chi connectivity index (χ1n) is 7.16. The zero-order valence-electron chi connectivity index (χ0n) is 13.1. The predicted octanol–water partition coefficient (Wildman–Crippen LogP) is 2.49. The lowest BCUT2D eigenvalue weighted by Gasteiger charge is -2.24. The van der Waals surface area contributed by atoms with Crippen LogP contribution in [0.2, 0.25) is 0 Å². The van der Waals surface area contributed by atoms with E-state index in [0.29, 0.717) is 6.61 Å². The van der Waals surface area contributed by atoms with Gasteiger partial charge in [-0.05, 0) is 12.1 Å². The number of ether oxygens (including phenoxy) is 2. The van der Waals surface area contributed by atoms with Crippen molar-refractivity contribution in [1.29, 1.82) is 0 Å². The first kappa shape index (κ1) is 16.2. The summed E-state index contributed by atoms with van der Waals surface area (Å²) in [6.07, 6.45) is 2.07.